The van der Waals surface area contributed by atoms with Gasteiger partial charge in [-0.25, -0.2) is 8.42 Å². The number of nitriles is 1. The number of nitrogens with zero attached hydrogens (tertiary/aromatic N) is 2. The average molecular weight is 365 g/mol. The lowest BCUT2D eigenvalue weighted by atomic mass is 10.2. The van der Waals surface area contributed by atoms with Crippen molar-refractivity contribution in [2.75, 3.05) is 18.1 Å². The second kappa shape index (κ2) is 7.63. The van der Waals surface area contributed by atoms with Crippen LogP contribution in [0.5, 0.6) is 0 Å². The van der Waals surface area contributed by atoms with Crippen molar-refractivity contribution in [1.82, 2.24) is 4.31 Å². The number of sulfonamides is 1. The molecule has 1 aliphatic heterocycles. The number of hydrogen-bond donors (Lipinski definition) is 1. The summed E-state index contributed by atoms with van der Waals surface area (Å²) in [6, 6.07) is 7.38. The summed E-state index contributed by atoms with van der Waals surface area (Å²) in [5.74, 6) is -1.30. The Bertz CT molecular complexity index is 815. The lowest BCUT2D eigenvalue weighted by Gasteiger charge is -2.22. The smallest absolute Gasteiger partial charge is 0.325 e. The van der Waals surface area contributed by atoms with Gasteiger partial charge in [-0.15, -0.1) is 0 Å². The maximum Gasteiger partial charge on any atom is 0.325 e. The highest BCUT2D eigenvalue weighted by molar-refractivity contribution is 7.88. The zero-order valence-electron chi connectivity index (χ0n) is 13.9. The normalized spacial score (nSPS) is 19.0. The first-order valence-corrected chi connectivity index (χ1v) is 9.55. The molecule has 1 N–H and O–H groups in total. The van der Waals surface area contributed by atoms with Gasteiger partial charge >= 0.3 is 5.97 Å². The maximum atomic E-state index is 12.2. The molecule has 0 bridgehead atoms. The number of benzene rings is 1. The van der Waals surface area contributed by atoms with Crippen LogP contribution in [0.2, 0.25) is 0 Å². The number of esters is 1. The second-order valence-electron chi connectivity index (χ2n) is 5.79. The number of carbonyl (C=O) groups excluding carboxylic acids is 2. The van der Waals surface area contributed by atoms with Gasteiger partial charge in [0.25, 0.3) is 5.91 Å². The van der Waals surface area contributed by atoms with E-state index in [1.165, 1.54) is 13.0 Å². The van der Waals surface area contributed by atoms with Crippen molar-refractivity contribution in [2.24, 2.45) is 0 Å². The van der Waals surface area contributed by atoms with E-state index in [9.17, 15) is 18.0 Å². The topological polar surface area (TPSA) is 117 Å². The number of anilines is 1. The molecule has 0 spiro atoms. The molecule has 2 atom stereocenters. The SMILES string of the molecule is C[C@H](OC(=O)[C@@H]1CCCN1S(C)(=O)=O)C(=O)Nc1cccc(C#N)c1. The van der Waals surface area contributed by atoms with Crippen LogP contribution in [0, 0.1) is 11.3 Å². The Balaban J connectivity index is 1.98. The molecular formula is C16H19N3O5S. The summed E-state index contributed by atoms with van der Waals surface area (Å²) in [7, 11) is -3.51. The largest absolute Gasteiger partial charge is 0.451 e. The molecule has 0 aromatic heterocycles. The number of nitrogens with one attached hydrogen (secondary N) is 1. The summed E-state index contributed by atoms with van der Waals surface area (Å²) in [5.41, 5.74) is 0.794. The zero-order valence-corrected chi connectivity index (χ0v) is 14.7. The van der Waals surface area contributed by atoms with Crippen molar-refractivity contribution in [1.29, 1.82) is 5.26 Å². The number of carbonyl (C=O) groups is 2. The van der Waals surface area contributed by atoms with Gasteiger partial charge in [0.1, 0.15) is 6.04 Å². The minimum absolute atomic E-state index is 0.264. The van der Waals surface area contributed by atoms with E-state index in [0.29, 0.717) is 24.1 Å². The Morgan fingerprint density at radius 1 is 1.44 bits per heavy atom. The van der Waals surface area contributed by atoms with Gasteiger partial charge in [-0.05, 0) is 38.0 Å². The molecule has 1 aromatic rings. The molecule has 25 heavy (non-hydrogen) atoms. The van der Waals surface area contributed by atoms with Gasteiger partial charge in [-0.2, -0.15) is 9.57 Å². The van der Waals surface area contributed by atoms with E-state index in [4.69, 9.17) is 10.00 Å². The quantitative estimate of drug-likeness (QED) is 0.773. The summed E-state index contributed by atoms with van der Waals surface area (Å²) in [6.45, 7) is 1.67. The van der Waals surface area contributed by atoms with Crippen molar-refractivity contribution in [3.8, 4) is 6.07 Å². The summed E-state index contributed by atoms with van der Waals surface area (Å²) < 4.78 is 29.6. The lowest BCUT2D eigenvalue weighted by molar-refractivity contribution is -0.156. The van der Waals surface area contributed by atoms with E-state index in [-0.39, 0.29) is 6.54 Å². The molecule has 1 heterocycles. The van der Waals surface area contributed by atoms with Gasteiger partial charge in [0, 0.05) is 12.2 Å². The Hall–Kier alpha value is -2.44. The predicted octanol–water partition coefficient (Wildman–Crippen LogP) is 0.852. The van der Waals surface area contributed by atoms with Crippen LogP contribution in [0.15, 0.2) is 24.3 Å². The summed E-state index contributed by atoms with van der Waals surface area (Å²) in [4.78, 5) is 24.4. The van der Waals surface area contributed by atoms with Gasteiger partial charge < -0.3 is 10.1 Å². The van der Waals surface area contributed by atoms with Crippen LogP contribution in [0.4, 0.5) is 5.69 Å². The molecule has 1 aromatic carbocycles. The van der Waals surface area contributed by atoms with Gasteiger partial charge in [0.15, 0.2) is 6.10 Å². The molecule has 134 valence electrons. The summed E-state index contributed by atoms with van der Waals surface area (Å²) in [5, 5.41) is 11.4. The Kier molecular flexibility index (Phi) is 5.77. The first-order chi connectivity index (χ1) is 11.7. The second-order valence-corrected chi connectivity index (χ2v) is 7.73. The van der Waals surface area contributed by atoms with Crippen molar-refractivity contribution in [2.45, 2.75) is 31.9 Å². The highest BCUT2D eigenvalue weighted by Gasteiger charge is 2.38. The third-order valence-electron chi connectivity index (χ3n) is 3.82. The van der Waals surface area contributed by atoms with Crippen LogP contribution in [0.3, 0.4) is 0 Å². The Morgan fingerprint density at radius 3 is 2.80 bits per heavy atom. The van der Waals surface area contributed by atoms with E-state index in [0.717, 1.165) is 10.6 Å². The Morgan fingerprint density at radius 2 is 2.16 bits per heavy atom. The van der Waals surface area contributed by atoms with Crippen LogP contribution in [0.1, 0.15) is 25.3 Å². The maximum absolute atomic E-state index is 12.2. The molecule has 0 unspecified atom stereocenters. The zero-order chi connectivity index (χ0) is 18.6. The first-order valence-electron chi connectivity index (χ1n) is 7.70. The molecule has 1 amide bonds. The van der Waals surface area contributed by atoms with Crippen molar-refractivity contribution in [3.05, 3.63) is 29.8 Å². The van der Waals surface area contributed by atoms with Crippen LogP contribution >= 0.6 is 0 Å². The fourth-order valence-electron chi connectivity index (χ4n) is 2.59. The van der Waals surface area contributed by atoms with Crippen molar-refractivity contribution in [3.63, 3.8) is 0 Å². The molecule has 1 saturated heterocycles. The summed E-state index contributed by atoms with van der Waals surface area (Å²) >= 11 is 0. The van der Waals surface area contributed by atoms with E-state index < -0.39 is 34.0 Å². The van der Waals surface area contributed by atoms with Crippen molar-refractivity contribution >= 4 is 27.6 Å². The van der Waals surface area contributed by atoms with Crippen LogP contribution < -0.4 is 5.32 Å². The van der Waals surface area contributed by atoms with Gasteiger partial charge in [-0.1, -0.05) is 6.07 Å². The molecule has 0 aliphatic carbocycles. The third-order valence-corrected chi connectivity index (χ3v) is 5.11. The molecule has 1 fully saturated rings. The molecule has 0 saturated carbocycles. The van der Waals surface area contributed by atoms with Crippen LogP contribution in [0.25, 0.3) is 0 Å². The average Bonchev–Trinajstić information content (AvgIpc) is 3.05. The molecule has 1 aliphatic rings. The standard InChI is InChI=1S/C16H19N3O5S/c1-11(15(20)18-13-6-3-5-12(9-13)10-17)24-16(21)14-7-4-8-19(14)25(2,22)23/h3,5-6,9,11,14H,4,7-8H2,1-2H3,(H,18,20)/t11-,14-/m0/s1. The van der Waals surface area contributed by atoms with Crippen molar-refractivity contribution < 1.29 is 22.7 Å². The fraction of sp³-hybridized carbons (Fsp3) is 0.438. The number of hydrogen-bond acceptors (Lipinski definition) is 6. The molecule has 8 nitrogen and oxygen atoms in total. The minimum Gasteiger partial charge on any atom is -0.451 e. The van der Waals surface area contributed by atoms with E-state index in [1.807, 2.05) is 6.07 Å². The van der Waals surface area contributed by atoms with Crippen LogP contribution in [-0.4, -0.2) is 49.5 Å². The van der Waals surface area contributed by atoms with Gasteiger partial charge in [0.2, 0.25) is 10.0 Å². The number of ether oxygens (including phenoxy) is 1. The predicted molar refractivity (Wildman–Crippen MR) is 89.9 cm³/mol. The highest BCUT2D eigenvalue weighted by Crippen LogP contribution is 2.22. The van der Waals surface area contributed by atoms with E-state index in [1.54, 1.807) is 18.2 Å². The molecular weight excluding hydrogens is 346 g/mol. The molecule has 0 radical (unpaired) electrons. The van der Waals surface area contributed by atoms with Crippen LogP contribution in [-0.2, 0) is 24.3 Å². The fourth-order valence-corrected chi connectivity index (χ4v) is 3.70. The van der Waals surface area contributed by atoms with E-state index in [2.05, 4.69) is 5.32 Å². The Labute approximate surface area is 146 Å². The molecule has 9 heteroatoms. The third kappa shape index (κ3) is 4.78. The van der Waals surface area contributed by atoms with E-state index >= 15 is 0 Å². The minimum atomic E-state index is -3.51. The van der Waals surface area contributed by atoms with Gasteiger partial charge in [0.05, 0.1) is 17.9 Å². The molecule has 2 rings (SSSR count). The monoisotopic (exact) mass is 365 g/mol. The highest BCUT2D eigenvalue weighted by atomic mass is 32.2. The van der Waals surface area contributed by atoms with Gasteiger partial charge in [-0.3, -0.25) is 9.59 Å². The number of rotatable bonds is 5. The lowest BCUT2D eigenvalue weighted by Crippen LogP contribution is -2.43. The first kappa shape index (κ1) is 18.9. The number of amides is 1. The summed E-state index contributed by atoms with van der Waals surface area (Å²) in [6.07, 6.45) is 0.871.